The van der Waals surface area contributed by atoms with E-state index in [1.165, 1.54) is 12.1 Å². The quantitative estimate of drug-likeness (QED) is 0.867. The van der Waals surface area contributed by atoms with E-state index in [2.05, 4.69) is 0 Å². The molecule has 0 aromatic heterocycles. The molecule has 0 aliphatic carbocycles. The Morgan fingerprint density at radius 3 is 2.50 bits per heavy atom. The highest BCUT2D eigenvalue weighted by Crippen LogP contribution is 2.19. The maximum absolute atomic E-state index is 11.0. The van der Waals surface area contributed by atoms with Crippen molar-refractivity contribution in [3.05, 3.63) is 59.7 Å². The lowest BCUT2D eigenvalue weighted by Gasteiger charge is -2.09. The van der Waals surface area contributed by atoms with Gasteiger partial charge in [-0.2, -0.15) is 0 Å². The molecule has 0 atom stereocenters. The van der Waals surface area contributed by atoms with Gasteiger partial charge in [0.1, 0.15) is 18.1 Å². The summed E-state index contributed by atoms with van der Waals surface area (Å²) in [6.07, 6.45) is 0. The van der Waals surface area contributed by atoms with Crippen LogP contribution in [0.2, 0.25) is 0 Å². The molecule has 2 rings (SSSR count). The van der Waals surface area contributed by atoms with Crippen LogP contribution >= 0.6 is 0 Å². The van der Waals surface area contributed by atoms with E-state index in [1.54, 1.807) is 18.2 Å². The molecular formula is C14H12O4. The van der Waals surface area contributed by atoms with Crippen molar-refractivity contribution in [3.8, 4) is 11.5 Å². The topological polar surface area (TPSA) is 66.8 Å². The van der Waals surface area contributed by atoms with Crippen molar-refractivity contribution in [2.45, 2.75) is 6.61 Å². The summed E-state index contributed by atoms with van der Waals surface area (Å²) in [7, 11) is 0. The number of ether oxygens (including phenoxy) is 1. The molecule has 0 unspecified atom stereocenters. The SMILES string of the molecule is O=C(O)c1cc(O)ccc1COc1ccccc1. The van der Waals surface area contributed by atoms with E-state index >= 15 is 0 Å². The molecule has 0 radical (unpaired) electrons. The number of hydrogen-bond acceptors (Lipinski definition) is 3. The van der Waals surface area contributed by atoms with E-state index in [9.17, 15) is 9.90 Å². The number of aromatic carboxylic acids is 1. The Morgan fingerprint density at radius 2 is 1.83 bits per heavy atom. The third-order valence-electron chi connectivity index (χ3n) is 2.46. The van der Waals surface area contributed by atoms with Gasteiger partial charge in [-0.3, -0.25) is 0 Å². The van der Waals surface area contributed by atoms with E-state index in [0.717, 1.165) is 0 Å². The number of aromatic hydroxyl groups is 1. The molecule has 0 aliphatic heterocycles. The third kappa shape index (κ3) is 2.79. The van der Waals surface area contributed by atoms with E-state index in [4.69, 9.17) is 9.84 Å². The van der Waals surface area contributed by atoms with Gasteiger partial charge >= 0.3 is 5.97 Å². The van der Waals surface area contributed by atoms with Crippen LogP contribution in [0.3, 0.4) is 0 Å². The Labute approximate surface area is 104 Å². The normalized spacial score (nSPS) is 10.0. The Balaban J connectivity index is 2.17. The van der Waals surface area contributed by atoms with Gasteiger partial charge in [-0.15, -0.1) is 0 Å². The summed E-state index contributed by atoms with van der Waals surface area (Å²) in [5.74, 6) is -0.490. The predicted molar refractivity (Wildman–Crippen MR) is 65.8 cm³/mol. The Bertz CT molecular complexity index is 549. The molecule has 18 heavy (non-hydrogen) atoms. The molecule has 0 bridgehead atoms. The minimum Gasteiger partial charge on any atom is -0.508 e. The highest BCUT2D eigenvalue weighted by Gasteiger charge is 2.11. The fraction of sp³-hybridized carbons (Fsp3) is 0.0714. The second kappa shape index (κ2) is 5.23. The molecule has 4 nitrogen and oxygen atoms in total. The van der Waals surface area contributed by atoms with E-state index in [1.807, 2.05) is 18.2 Å². The van der Waals surface area contributed by atoms with Gasteiger partial charge in [-0.25, -0.2) is 4.79 Å². The largest absolute Gasteiger partial charge is 0.508 e. The van der Waals surface area contributed by atoms with E-state index < -0.39 is 5.97 Å². The second-order valence-corrected chi connectivity index (χ2v) is 3.75. The molecule has 2 aromatic rings. The molecule has 0 fully saturated rings. The van der Waals surface area contributed by atoms with E-state index in [-0.39, 0.29) is 17.9 Å². The lowest BCUT2D eigenvalue weighted by Crippen LogP contribution is -2.05. The standard InChI is InChI=1S/C14H12O4/c15-11-7-6-10(13(8-11)14(16)17)9-18-12-4-2-1-3-5-12/h1-8,15H,9H2,(H,16,17). The van der Waals surface area contributed by atoms with Gasteiger partial charge in [0.05, 0.1) is 5.56 Å². The van der Waals surface area contributed by atoms with Crippen LogP contribution in [0.25, 0.3) is 0 Å². The minimum atomic E-state index is -1.09. The van der Waals surface area contributed by atoms with E-state index in [0.29, 0.717) is 11.3 Å². The summed E-state index contributed by atoms with van der Waals surface area (Å²) in [5, 5.41) is 18.3. The van der Waals surface area contributed by atoms with Gasteiger partial charge in [-0.05, 0) is 24.3 Å². The van der Waals surface area contributed by atoms with Crippen LogP contribution < -0.4 is 4.74 Å². The van der Waals surface area contributed by atoms with Gasteiger partial charge in [0, 0.05) is 5.56 Å². The zero-order valence-electron chi connectivity index (χ0n) is 9.54. The van der Waals surface area contributed by atoms with Gasteiger partial charge in [0.15, 0.2) is 0 Å². The Hall–Kier alpha value is -2.49. The first-order valence-corrected chi connectivity index (χ1v) is 5.40. The molecule has 0 saturated carbocycles. The number of hydrogen-bond donors (Lipinski definition) is 2. The van der Waals surface area contributed by atoms with Gasteiger partial charge in [0.2, 0.25) is 0 Å². The first kappa shape index (κ1) is 12.0. The first-order chi connectivity index (χ1) is 8.66. The van der Waals surface area contributed by atoms with Crippen LogP contribution in [-0.2, 0) is 6.61 Å². The van der Waals surface area contributed by atoms with Crippen LogP contribution in [0.4, 0.5) is 0 Å². The third-order valence-corrected chi connectivity index (χ3v) is 2.46. The molecule has 0 spiro atoms. The maximum atomic E-state index is 11.0. The number of carboxylic acids is 1. The molecule has 0 amide bonds. The smallest absolute Gasteiger partial charge is 0.336 e. The maximum Gasteiger partial charge on any atom is 0.336 e. The number of carbonyl (C=O) groups is 1. The Kier molecular flexibility index (Phi) is 3.48. The van der Waals surface area contributed by atoms with Crippen LogP contribution in [0.1, 0.15) is 15.9 Å². The van der Waals surface area contributed by atoms with Crippen LogP contribution in [0, 0.1) is 0 Å². The Morgan fingerprint density at radius 1 is 1.11 bits per heavy atom. The highest BCUT2D eigenvalue weighted by atomic mass is 16.5. The highest BCUT2D eigenvalue weighted by molar-refractivity contribution is 5.89. The van der Waals surface area contributed by atoms with Crippen molar-refractivity contribution in [1.29, 1.82) is 0 Å². The summed E-state index contributed by atoms with van der Waals surface area (Å²) in [5.41, 5.74) is 0.565. The molecular weight excluding hydrogens is 232 g/mol. The van der Waals surface area contributed by atoms with Gasteiger partial charge < -0.3 is 14.9 Å². The lowest BCUT2D eigenvalue weighted by molar-refractivity contribution is 0.0693. The number of benzene rings is 2. The summed E-state index contributed by atoms with van der Waals surface area (Å²) in [6, 6.07) is 13.3. The van der Waals surface area contributed by atoms with Crippen molar-refractivity contribution < 1.29 is 19.7 Å². The van der Waals surface area contributed by atoms with Crippen LogP contribution in [0.5, 0.6) is 11.5 Å². The summed E-state index contributed by atoms with van der Waals surface area (Å²) >= 11 is 0. The van der Waals surface area contributed by atoms with Crippen molar-refractivity contribution in [2.24, 2.45) is 0 Å². The number of para-hydroxylation sites is 1. The molecule has 2 aromatic carbocycles. The van der Waals surface area contributed by atoms with Crippen molar-refractivity contribution in [3.63, 3.8) is 0 Å². The lowest BCUT2D eigenvalue weighted by atomic mass is 10.1. The van der Waals surface area contributed by atoms with Gasteiger partial charge in [0.25, 0.3) is 0 Å². The summed E-state index contributed by atoms with van der Waals surface area (Å²) < 4.78 is 5.48. The van der Waals surface area contributed by atoms with Crippen LogP contribution in [0.15, 0.2) is 48.5 Å². The first-order valence-electron chi connectivity index (χ1n) is 5.40. The van der Waals surface area contributed by atoms with Gasteiger partial charge in [-0.1, -0.05) is 24.3 Å². The fourth-order valence-electron chi connectivity index (χ4n) is 1.57. The monoisotopic (exact) mass is 244 g/mol. The molecule has 2 N–H and O–H groups in total. The van der Waals surface area contributed by atoms with Crippen molar-refractivity contribution in [2.75, 3.05) is 0 Å². The molecule has 0 heterocycles. The second-order valence-electron chi connectivity index (χ2n) is 3.75. The predicted octanol–water partition coefficient (Wildman–Crippen LogP) is 2.67. The minimum absolute atomic E-state index is 0.0472. The molecule has 4 heteroatoms. The zero-order valence-corrected chi connectivity index (χ0v) is 9.54. The van der Waals surface area contributed by atoms with Crippen molar-refractivity contribution >= 4 is 5.97 Å². The number of rotatable bonds is 4. The average Bonchev–Trinajstić information content (AvgIpc) is 2.38. The zero-order chi connectivity index (χ0) is 13.0. The number of phenols is 1. The number of carboxylic acid groups (broad SMARTS) is 1. The summed E-state index contributed by atoms with van der Waals surface area (Å²) in [6.45, 7) is 0.145. The fourth-order valence-corrected chi connectivity index (χ4v) is 1.57. The average molecular weight is 244 g/mol. The van der Waals surface area contributed by atoms with Crippen molar-refractivity contribution in [1.82, 2.24) is 0 Å². The number of phenolic OH excluding ortho intramolecular Hbond substituents is 1. The molecule has 0 saturated heterocycles. The molecule has 92 valence electrons. The van der Waals surface area contributed by atoms with Crippen LogP contribution in [-0.4, -0.2) is 16.2 Å². The molecule has 0 aliphatic rings. The summed E-state index contributed by atoms with van der Waals surface area (Å²) in [4.78, 5) is 11.0.